The zero-order valence-corrected chi connectivity index (χ0v) is 10.5. The van der Waals surface area contributed by atoms with Crippen LogP contribution in [0.15, 0.2) is 42.5 Å². The monoisotopic (exact) mass is 307 g/mol. The number of aryl methyl sites for hydroxylation is 1. The Morgan fingerprint density at radius 1 is 0.933 bits per heavy atom. The van der Waals surface area contributed by atoms with E-state index in [0.717, 1.165) is 0 Å². The fourth-order valence-corrected chi connectivity index (χ4v) is 3.05. The van der Waals surface area contributed by atoms with E-state index in [-0.39, 0.29) is 0 Å². The molecule has 0 unspecified atom stereocenters. The van der Waals surface area contributed by atoms with E-state index in [1.54, 1.807) is 0 Å². The van der Waals surface area contributed by atoms with Gasteiger partial charge in [0.25, 0.3) is 0 Å². The topological polar surface area (TPSA) is 4.93 Å². The lowest BCUT2D eigenvalue weighted by Crippen LogP contribution is -1.88. The number of aromatic nitrogens is 1. The van der Waals surface area contributed by atoms with Crippen LogP contribution in [0.4, 0.5) is 0 Å². The minimum atomic E-state index is 1.30. The van der Waals surface area contributed by atoms with Gasteiger partial charge in [0.05, 0.1) is 5.52 Å². The molecule has 0 aliphatic carbocycles. The van der Waals surface area contributed by atoms with E-state index < -0.39 is 0 Å². The summed E-state index contributed by atoms with van der Waals surface area (Å²) in [6, 6.07) is 15.0. The van der Waals surface area contributed by atoms with Gasteiger partial charge >= 0.3 is 0 Å². The van der Waals surface area contributed by atoms with Crippen molar-refractivity contribution in [1.29, 1.82) is 0 Å². The van der Waals surface area contributed by atoms with Gasteiger partial charge in [-0.2, -0.15) is 0 Å². The Morgan fingerprint density at radius 2 is 1.67 bits per heavy atom. The Balaban J connectivity index is 2.69. The first-order valence-electron chi connectivity index (χ1n) is 4.90. The highest BCUT2D eigenvalue weighted by Crippen LogP contribution is 2.30. The maximum atomic E-state index is 2.40. The molecule has 0 N–H and O–H groups in total. The van der Waals surface area contributed by atoms with E-state index in [4.69, 9.17) is 0 Å². The second kappa shape index (κ2) is 3.23. The van der Waals surface area contributed by atoms with Gasteiger partial charge in [0.2, 0.25) is 0 Å². The van der Waals surface area contributed by atoms with Crippen molar-refractivity contribution in [2.24, 2.45) is 7.05 Å². The molecule has 0 saturated carbocycles. The molecule has 2 aromatic carbocycles. The van der Waals surface area contributed by atoms with Crippen molar-refractivity contribution < 1.29 is 0 Å². The minimum absolute atomic E-state index is 1.30. The average molecular weight is 307 g/mol. The molecular weight excluding hydrogens is 297 g/mol. The van der Waals surface area contributed by atoms with E-state index in [1.807, 2.05) is 0 Å². The smallest absolute Gasteiger partial charge is 0.0624 e. The highest BCUT2D eigenvalue weighted by Gasteiger charge is 2.08. The summed E-state index contributed by atoms with van der Waals surface area (Å²) in [6.07, 6.45) is 0. The third-order valence-corrected chi connectivity index (χ3v) is 3.75. The summed E-state index contributed by atoms with van der Waals surface area (Å²) < 4.78 is 3.58. The fourth-order valence-electron chi connectivity index (χ4n) is 2.19. The van der Waals surface area contributed by atoms with Crippen molar-refractivity contribution >= 4 is 44.4 Å². The van der Waals surface area contributed by atoms with Crippen LogP contribution in [0.3, 0.4) is 0 Å². The molecule has 0 fully saturated rings. The van der Waals surface area contributed by atoms with Crippen LogP contribution in [-0.4, -0.2) is 4.57 Å². The molecule has 74 valence electrons. The summed E-state index contributed by atoms with van der Waals surface area (Å²) in [6.45, 7) is 0. The summed E-state index contributed by atoms with van der Waals surface area (Å²) in [7, 11) is 2.13. The number of para-hydroxylation sites is 2. The molecule has 2 heteroatoms. The van der Waals surface area contributed by atoms with Crippen LogP contribution < -0.4 is 0 Å². The Hall–Kier alpha value is -1.03. The van der Waals surface area contributed by atoms with E-state index in [0.29, 0.717) is 0 Å². The molecule has 1 nitrogen and oxygen atoms in total. The van der Waals surface area contributed by atoms with Gasteiger partial charge in [-0.3, -0.25) is 0 Å². The lowest BCUT2D eigenvalue weighted by Gasteiger charge is -1.99. The van der Waals surface area contributed by atoms with Crippen LogP contribution in [0.5, 0.6) is 0 Å². The van der Waals surface area contributed by atoms with Gasteiger partial charge in [0.15, 0.2) is 0 Å². The maximum Gasteiger partial charge on any atom is 0.0624 e. The quantitative estimate of drug-likeness (QED) is 0.555. The summed E-state index contributed by atoms with van der Waals surface area (Å²) in [5.41, 5.74) is 2.64. The molecule has 15 heavy (non-hydrogen) atoms. The van der Waals surface area contributed by atoms with Crippen LogP contribution in [0, 0.1) is 3.57 Å². The molecule has 0 bridgehead atoms. The molecule has 0 spiro atoms. The highest BCUT2D eigenvalue weighted by atomic mass is 127. The molecule has 1 heterocycles. The first-order valence-corrected chi connectivity index (χ1v) is 5.98. The number of benzene rings is 2. The van der Waals surface area contributed by atoms with E-state index >= 15 is 0 Å². The number of fused-ring (bicyclic) bond motifs is 3. The van der Waals surface area contributed by atoms with Gasteiger partial charge in [-0.25, -0.2) is 0 Å². The third kappa shape index (κ3) is 1.21. The third-order valence-electron chi connectivity index (χ3n) is 2.88. The van der Waals surface area contributed by atoms with Gasteiger partial charge in [-0.05, 0) is 34.7 Å². The normalized spacial score (nSPS) is 11.3. The Bertz CT molecular complexity index is 652. The second-order valence-electron chi connectivity index (χ2n) is 3.71. The van der Waals surface area contributed by atoms with Gasteiger partial charge < -0.3 is 4.57 Å². The summed E-state index contributed by atoms with van der Waals surface area (Å²) in [4.78, 5) is 0. The molecule has 0 atom stereocenters. The van der Waals surface area contributed by atoms with Crippen molar-refractivity contribution in [3.63, 3.8) is 0 Å². The van der Waals surface area contributed by atoms with E-state index in [9.17, 15) is 0 Å². The molecule has 0 amide bonds. The van der Waals surface area contributed by atoms with Crippen LogP contribution in [0.25, 0.3) is 21.8 Å². The van der Waals surface area contributed by atoms with Gasteiger partial charge in [-0.1, -0.05) is 30.3 Å². The van der Waals surface area contributed by atoms with Crippen molar-refractivity contribution in [3.8, 4) is 0 Å². The number of hydrogen-bond acceptors (Lipinski definition) is 0. The first-order chi connectivity index (χ1) is 7.29. The Labute approximate surface area is 102 Å². The van der Waals surface area contributed by atoms with Crippen LogP contribution in [0.2, 0.25) is 0 Å². The van der Waals surface area contributed by atoms with Gasteiger partial charge in [0.1, 0.15) is 0 Å². The number of hydrogen-bond donors (Lipinski definition) is 0. The summed E-state index contributed by atoms with van der Waals surface area (Å²) in [5, 5.41) is 2.69. The molecule has 0 radical (unpaired) electrons. The van der Waals surface area contributed by atoms with Crippen molar-refractivity contribution in [2.45, 2.75) is 0 Å². The molecule has 3 rings (SSSR count). The van der Waals surface area contributed by atoms with Crippen molar-refractivity contribution in [2.75, 3.05) is 0 Å². The molecule has 0 aliphatic heterocycles. The van der Waals surface area contributed by atoms with E-state index in [2.05, 4.69) is 76.7 Å². The van der Waals surface area contributed by atoms with Crippen LogP contribution in [-0.2, 0) is 7.05 Å². The zero-order chi connectivity index (χ0) is 10.4. The number of halogens is 1. The Kier molecular flexibility index (Phi) is 1.99. The number of rotatable bonds is 0. The second-order valence-corrected chi connectivity index (χ2v) is 4.87. The molecular formula is C13H10IN. The van der Waals surface area contributed by atoms with E-state index in [1.165, 1.54) is 25.4 Å². The highest BCUT2D eigenvalue weighted by molar-refractivity contribution is 14.1. The average Bonchev–Trinajstić information content (AvgIpc) is 2.55. The Morgan fingerprint density at radius 3 is 2.53 bits per heavy atom. The molecule has 3 aromatic rings. The van der Waals surface area contributed by atoms with Crippen LogP contribution in [0.1, 0.15) is 0 Å². The SMILES string of the molecule is Cn1c2ccccc2c2cccc(I)c21. The lowest BCUT2D eigenvalue weighted by molar-refractivity contribution is 1.01. The molecule has 1 aromatic heterocycles. The zero-order valence-electron chi connectivity index (χ0n) is 8.37. The largest absolute Gasteiger partial charge is 0.343 e. The standard InChI is InChI=1S/C13H10IN/c1-15-12-8-3-2-5-9(12)10-6-4-7-11(14)13(10)15/h2-8H,1H3. The number of nitrogens with zero attached hydrogens (tertiary/aromatic N) is 1. The van der Waals surface area contributed by atoms with Gasteiger partial charge in [-0.15, -0.1) is 0 Å². The summed E-state index contributed by atoms with van der Waals surface area (Å²) >= 11 is 2.40. The molecule has 0 aliphatic rings. The van der Waals surface area contributed by atoms with Crippen LogP contribution >= 0.6 is 22.6 Å². The predicted molar refractivity (Wildman–Crippen MR) is 73.1 cm³/mol. The molecule has 0 saturated heterocycles. The van der Waals surface area contributed by atoms with Crippen molar-refractivity contribution in [3.05, 3.63) is 46.0 Å². The minimum Gasteiger partial charge on any atom is -0.343 e. The lowest BCUT2D eigenvalue weighted by atomic mass is 10.2. The first kappa shape index (κ1) is 9.21. The van der Waals surface area contributed by atoms with Crippen molar-refractivity contribution in [1.82, 2.24) is 4.57 Å². The summed E-state index contributed by atoms with van der Waals surface area (Å²) in [5.74, 6) is 0. The fraction of sp³-hybridized carbons (Fsp3) is 0.0769. The maximum absolute atomic E-state index is 2.40. The predicted octanol–water partition coefficient (Wildman–Crippen LogP) is 3.94. The van der Waals surface area contributed by atoms with Gasteiger partial charge in [0, 0.05) is 26.9 Å².